The lowest BCUT2D eigenvalue weighted by Gasteiger charge is -2.28. The molecule has 6 nitrogen and oxygen atoms in total. The molecule has 25 heavy (non-hydrogen) atoms. The molecule has 1 aromatic carbocycles. The van der Waals surface area contributed by atoms with Crippen molar-refractivity contribution in [3.8, 4) is 0 Å². The number of hydrogen-bond acceptors (Lipinski definition) is 5. The summed E-state index contributed by atoms with van der Waals surface area (Å²) in [7, 11) is 1.92. The van der Waals surface area contributed by atoms with E-state index in [9.17, 15) is 4.79 Å². The second-order valence-electron chi connectivity index (χ2n) is 7.08. The molecule has 1 amide bonds. The number of nitrogens with zero attached hydrogens (tertiary/aromatic N) is 3. The molecular formula is C18H23N5OS. The summed E-state index contributed by atoms with van der Waals surface area (Å²) in [5, 5.41) is 15.4. The Balaban J connectivity index is 1.30. The summed E-state index contributed by atoms with van der Waals surface area (Å²) >= 11 is 1.55. The summed E-state index contributed by atoms with van der Waals surface area (Å²) in [4.78, 5) is 13.4. The number of nitrogens with one attached hydrogen (secondary N) is 2. The van der Waals surface area contributed by atoms with Gasteiger partial charge in [0.1, 0.15) is 6.33 Å². The van der Waals surface area contributed by atoms with Crippen molar-refractivity contribution in [2.24, 2.45) is 13.0 Å². The topological polar surface area (TPSA) is 71.8 Å². The molecule has 2 unspecified atom stereocenters. The van der Waals surface area contributed by atoms with Crippen molar-refractivity contribution in [2.75, 3.05) is 5.32 Å². The summed E-state index contributed by atoms with van der Waals surface area (Å²) in [5.41, 5.74) is 0.851. The first-order valence-electron chi connectivity index (χ1n) is 8.83. The van der Waals surface area contributed by atoms with Crippen molar-refractivity contribution >= 4 is 23.4 Å². The second-order valence-corrected chi connectivity index (χ2v) is 8.12. The molecule has 3 heterocycles. The van der Waals surface area contributed by atoms with Gasteiger partial charge in [-0.1, -0.05) is 0 Å². The Morgan fingerprint density at radius 2 is 2.00 bits per heavy atom. The van der Waals surface area contributed by atoms with Crippen LogP contribution in [0.15, 0.2) is 40.6 Å². The molecule has 2 bridgehead atoms. The maximum atomic E-state index is 12.3. The highest BCUT2D eigenvalue weighted by molar-refractivity contribution is 7.99. The summed E-state index contributed by atoms with van der Waals surface area (Å²) in [5.74, 6) is 0.643. The number of fused-ring (bicyclic) bond motifs is 2. The van der Waals surface area contributed by atoms with Crippen LogP contribution in [0, 0.1) is 5.92 Å². The van der Waals surface area contributed by atoms with Crippen LogP contribution in [0.2, 0.25) is 0 Å². The Morgan fingerprint density at radius 1 is 1.28 bits per heavy atom. The van der Waals surface area contributed by atoms with Crippen LogP contribution in [0.1, 0.15) is 32.1 Å². The molecule has 2 N–H and O–H groups in total. The monoisotopic (exact) mass is 357 g/mol. The van der Waals surface area contributed by atoms with E-state index in [0.717, 1.165) is 28.6 Å². The highest BCUT2D eigenvalue weighted by atomic mass is 32.2. The van der Waals surface area contributed by atoms with E-state index in [0.29, 0.717) is 24.4 Å². The number of benzene rings is 1. The quantitative estimate of drug-likeness (QED) is 0.861. The number of carbonyl (C=O) groups is 1. The number of piperidine rings is 1. The first kappa shape index (κ1) is 16.6. The van der Waals surface area contributed by atoms with E-state index < -0.39 is 0 Å². The molecule has 1 aromatic heterocycles. The van der Waals surface area contributed by atoms with E-state index in [1.807, 2.05) is 35.9 Å². The highest BCUT2D eigenvalue weighted by Crippen LogP contribution is 2.33. The van der Waals surface area contributed by atoms with E-state index in [4.69, 9.17) is 0 Å². The van der Waals surface area contributed by atoms with Gasteiger partial charge in [0.05, 0.1) is 0 Å². The largest absolute Gasteiger partial charge is 0.326 e. The summed E-state index contributed by atoms with van der Waals surface area (Å²) in [6, 6.07) is 9.16. The lowest BCUT2D eigenvalue weighted by atomic mass is 9.89. The molecule has 7 heteroatoms. The third-order valence-electron chi connectivity index (χ3n) is 5.06. The Kier molecular flexibility index (Phi) is 4.76. The van der Waals surface area contributed by atoms with Crippen LogP contribution >= 0.6 is 11.8 Å². The number of anilines is 1. The first-order chi connectivity index (χ1) is 12.2. The fourth-order valence-electron chi connectivity index (χ4n) is 3.89. The number of aryl methyl sites for hydroxylation is 1. The molecule has 0 aliphatic carbocycles. The molecule has 0 saturated carbocycles. The van der Waals surface area contributed by atoms with Gasteiger partial charge < -0.3 is 15.2 Å². The summed E-state index contributed by atoms with van der Waals surface area (Å²) < 4.78 is 1.88. The number of hydrogen-bond donors (Lipinski definition) is 2. The van der Waals surface area contributed by atoms with Gasteiger partial charge in [-0.05, 0) is 67.6 Å². The zero-order valence-corrected chi connectivity index (χ0v) is 15.1. The maximum absolute atomic E-state index is 12.3. The van der Waals surface area contributed by atoms with Crippen molar-refractivity contribution in [1.29, 1.82) is 0 Å². The Bertz CT molecular complexity index is 732. The van der Waals surface area contributed by atoms with Crippen LogP contribution in [0.5, 0.6) is 0 Å². The van der Waals surface area contributed by atoms with Crippen LogP contribution in [0.4, 0.5) is 5.69 Å². The Labute approximate surface area is 151 Å². The second kappa shape index (κ2) is 7.17. The van der Waals surface area contributed by atoms with Gasteiger partial charge in [0.25, 0.3) is 0 Å². The SMILES string of the molecule is Cn1cnnc1Sc1ccc(NC(=O)CC2CC3CCC(C2)N3)cc1. The zero-order chi connectivity index (χ0) is 17.2. The fraction of sp³-hybridized carbons (Fsp3) is 0.500. The van der Waals surface area contributed by atoms with Crippen LogP contribution in [0.25, 0.3) is 0 Å². The molecule has 2 saturated heterocycles. The smallest absolute Gasteiger partial charge is 0.224 e. The average molecular weight is 357 g/mol. The third-order valence-corrected chi connectivity index (χ3v) is 6.12. The standard InChI is InChI=1S/C18H23N5OS/c1-23-11-19-22-18(23)25-16-6-4-13(5-7-16)21-17(24)10-12-8-14-2-3-15(9-12)20-14/h4-7,11-12,14-15,20H,2-3,8-10H2,1H3,(H,21,24). The van der Waals surface area contributed by atoms with Gasteiger partial charge in [0, 0.05) is 36.1 Å². The van der Waals surface area contributed by atoms with Gasteiger partial charge in [0.2, 0.25) is 5.91 Å². The first-order valence-corrected chi connectivity index (χ1v) is 9.65. The third kappa shape index (κ3) is 4.04. The molecule has 2 fully saturated rings. The minimum atomic E-state index is 0.125. The van der Waals surface area contributed by atoms with Crippen LogP contribution in [0.3, 0.4) is 0 Å². The predicted octanol–water partition coefficient (Wildman–Crippen LogP) is 2.83. The average Bonchev–Trinajstić information content (AvgIpc) is 3.14. The van der Waals surface area contributed by atoms with Crippen LogP contribution in [-0.4, -0.2) is 32.8 Å². The minimum Gasteiger partial charge on any atom is -0.326 e. The van der Waals surface area contributed by atoms with Gasteiger partial charge in [-0.15, -0.1) is 10.2 Å². The predicted molar refractivity (Wildman–Crippen MR) is 97.5 cm³/mol. The van der Waals surface area contributed by atoms with Crippen LogP contribution in [-0.2, 0) is 11.8 Å². The Morgan fingerprint density at radius 3 is 2.64 bits per heavy atom. The molecule has 4 rings (SSSR count). The van der Waals surface area contributed by atoms with E-state index >= 15 is 0 Å². The number of carbonyl (C=O) groups excluding carboxylic acids is 1. The fourth-order valence-corrected chi connectivity index (χ4v) is 4.65. The molecular weight excluding hydrogens is 334 g/mol. The van der Waals surface area contributed by atoms with Gasteiger partial charge in [-0.3, -0.25) is 4.79 Å². The van der Waals surface area contributed by atoms with Crippen molar-refractivity contribution < 1.29 is 4.79 Å². The van der Waals surface area contributed by atoms with Crippen molar-refractivity contribution in [3.63, 3.8) is 0 Å². The molecule has 132 valence electrons. The zero-order valence-electron chi connectivity index (χ0n) is 14.3. The minimum absolute atomic E-state index is 0.125. The number of aromatic nitrogens is 3. The van der Waals surface area contributed by atoms with Gasteiger partial charge in [0.15, 0.2) is 5.16 Å². The lowest BCUT2D eigenvalue weighted by Crippen LogP contribution is -2.39. The molecule has 2 aliphatic rings. The van der Waals surface area contributed by atoms with Gasteiger partial charge in [-0.25, -0.2) is 0 Å². The van der Waals surface area contributed by atoms with Crippen molar-refractivity contribution in [2.45, 2.75) is 54.2 Å². The normalized spacial score (nSPS) is 25.1. The molecule has 2 aromatic rings. The molecule has 2 atom stereocenters. The number of rotatable bonds is 5. The van der Waals surface area contributed by atoms with E-state index in [2.05, 4.69) is 20.8 Å². The van der Waals surface area contributed by atoms with Crippen LogP contribution < -0.4 is 10.6 Å². The number of amides is 1. The molecule has 2 aliphatic heterocycles. The Hall–Kier alpha value is -1.86. The summed E-state index contributed by atoms with van der Waals surface area (Å²) in [6.45, 7) is 0. The highest BCUT2D eigenvalue weighted by Gasteiger charge is 2.34. The van der Waals surface area contributed by atoms with E-state index in [1.165, 1.54) is 12.8 Å². The van der Waals surface area contributed by atoms with Crippen molar-refractivity contribution in [3.05, 3.63) is 30.6 Å². The van der Waals surface area contributed by atoms with E-state index in [-0.39, 0.29) is 5.91 Å². The van der Waals surface area contributed by atoms with Gasteiger partial charge in [-0.2, -0.15) is 0 Å². The maximum Gasteiger partial charge on any atom is 0.224 e. The molecule has 0 spiro atoms. The van der Waals surface area contributed by atoms with Gasteiger partial charge >= 0.3 is 0 Å². The summed E-state index contributed by atoms with van der Waals surface area (Å²) in [6.07, 6.45) is 7.13. The van der Waals surface area contributed by atoms with Crippen molar-refractivity contribution in [1.82, 2.24) is 20.1 Å². The lowest BCUT2D eigenvalue weighted by molar-refractivity contribution is -0.117. The molecule has 0 radical (unpaired) electrons. The van der Waals surface area contributed by atoms with E-state index in [1.54, 1.807) is 18.1 Å².